The number of allylic oxidation sites excluding steroid dienone is 1. The number of carbonyl (C=O) groups excluding carboxylic acids is 2. The molecule has 2 aliphatic heterocycles. The first-order chi connectivity index (χ1) is 20.4. The number of benzene rings is 2. The number of halogens is 1. The number of nitrogens with zero attached hydrogens (tertiary/aromatic N) is 4. The van der Waals surface area contributed by atoms with Crippen LogP contribution in [-0.4, -0.2) is 77.6 Å². The number of anilines is 2. The molecule has 1 fully saturated rings. The molecular formula is C29H33BrN6O6. The number of carbonyl (C=O) groups is 2. The van der Waals surface area contributed by atoms with Gasteiger partial charge in [0.25, 0.3) is 11.8 Å². The number of amides is 2. The van der Waals surface area contributed by atoms with Gasteiger partial charge in [-0.1, -0.05) is 12.1 Å². The van der Waals surface area contributed by atoms with Gasteiger partial charge in [0, 0.05) is 18.8 Å². The molecule has 1 aromatic heterocycles. The smallest absolute Gasteiger partial charge is 0.260 e. The number of fused-ring (bicyclic) bond motifs is 1. The van der Waals surface area contributed by atoms with Crippen molar-refractivity contribution in [1.29, 1.82) is 0 Å². The molecule has 0 saturated carbocycles. The molecule has 1 saturated heterocycles. The highest BCUT2D eigenvalue weighted by Gasteiger charge is 2.35. The molecule has 2 aliphatic rings. The molecule has 1 unspecified atom stereocenters. The van der Waals surface area contributed by atoms with Crippen LogP contribution in [0.15, 0.2) is 58.5 Å². The third-order valence-corrected chi connectivity index (χ3v) is 7.41. The van der Waals surface area contributed by atoms with E-state index in [4.69, 9.17) is 18.9 Å². The number of hydrogen-bond acceptors (Lipinski definition) is 9. The van der Waals surface area contributed by atoms with Gasteiger partial charge in [-0.25, -0.2) is 4.68 Å². The lowest BCUT2D eigenvalue weighted by molar-refractivity contribution is -0.137. The van der Waals surface area contributed by atoms with Crippen LogP contribution in [0.4, 0.5) is 11.6 Å². The Morgan fingerprint density at radius 3 is 2.60 bits per heavy atom. The molecule has 2 N–H and O–H groups in total. The Morgan fingerprint density at radius 1 is 1.10 bits per heavy atom. The van der Waals surface area contributed by atoms with Gasteiger partial charge < -0.3 is 34.5 Å². The van der Waals surface area contributed by atoms with Gasteiger partial charge in [-0.2, -0.15) is 10.1 Å². The lowest BCUT2D eigenvalue weighted by atomic mass is 9.94. The minimum absolute atomic E-state index is 0.132. The molecule has 0 bridgehead atoms. The number of rotatable bonds is 10. The third-order valence-electron chi connectivity index (χ3n) is 6.83. The van der Waals surface area contributed by atoms with E-state index in [1.165, 1.54) is 6.33 Å². The Labute approximate surface area is 252 Å². The van der Waals surface area contributed by atoms with E-state index in [2.05, 4.69) is 36.6 Å². The Balaban J connectivity index is 1.48. The van der Waals surface area contributed by atoms with Crippen molar-refractivity contribution < 1.29 is 28.5 Å². The summed E-state index contributed by atoms with van der Waals surface area (Å²) in [6.07, 6.45) is 1.43. The molecule has 2 aromatic carbocycles. The average molecular weight is 642 g/mol. The van der Waals surface area contributed by atoms with Crippen molar-refractivity contribution in [2.45, 2.75) is 26.8 Å². The largest absolute Gasteiger partial charge is 0.492 e. The van der Waals surface area contributed by atoms with Crippen molar-refractivity contribution in [1.82, 2.24) is 19.7 Å². The van der Waals surface area contributed by atoms with Gasteiger partial charge in [0.05, 0.1) is 42.2 Å². The number of ether oxygens (including phenoxy) is 4. The molecule has 2 amide bonds. The standard InChI is InChI=1S/C29H33BrN6O6/c1-4-40-22-9-7-6-8-21(22)34-28(38)25-18(3)33-29-31-17-32-36(29)26(25)19-14-20(30)27(23(15-19)41-5-2)42-16-24(37)35-10-12-39-13-11-35/h6-9,14-15,17,26H,4-5,10-13,16H2,1-3H3,(H,34,38)(H,31,32,33). The second-order valence-corrected chi connectivity index (χ2v) is 10.4. The van der Waals surface area contributed by atoms with Crippen molar-refractivity contribution in [2.75, 3.05) is 56.8 Å². The fourth-order valence-corrected chi connectivity index (χ4v) is 5.50. The van der Waals surface area contributed by atoms with Crippen molar-refractivity contribution >= 4 is 39.4 Å². The molecule has 3 aromatic rings. The molecular weight excluding hydrogens is 608 g/mol. The topological polar surface area (TPSA) is 129 Å². The maximum atomic E-state index is 13.9. The fraction of sp³-hybridized carbons (Fsp3) is 0.379. The predicted octanol–water partition coefficient (Wildman–Crippen LogP) is 4.00. The van der Waals surface area contributed by atoms with Crippen molar-refractivity contribution in [3.8, 4) is 17.2 Å². The van der Waals surface area contributed by atoms with Crippen LogP contribution in [-0.2, 0) is 14.3 Å². The second-order valence-electron chi connectivity index (χ2n) is 9.52. The second kappa shape index (κ2) is 13.3. The van der Waals surface area contributed by atoms with Gasteiger partial charge in [0.15, 0.2) is 18.1 Å². The molecule has 222 valence electrons. The van der Waals surface area contributed by atoms with Crippen LogP contribution < -0.4 is 24.8 Å². The van der Waals surface area contributed by atoms with Gasteiger partial charge in [-0.3, -0.25) is 9.59 Å². The first kappa shape index (κ1) is 29.4. The van der Waals surface area contributed by atoms with Gasteiger partial charge in [-0.15, -0.1) is 0 Å². The van der Waals surface area contributed by atoms with Crippen LogP contribution in [0.25, 0.3) is 0 Å². The van der Waals surface area contributed by atoms with Crippen molar-refractivity contribution in [2.24, 2.45) is 0 Å². The van der Waals surface area contributed by atoms with Crippen LogP contribution in [0.1, 0.15) is 32.4 Å². The summed E-state index contributed by atoms with van der Waals surface area (Å²) in [6.45, 7) is 8.32. The third kappa shape index (κ3) is 6.21. The normalized spacial score (nSPS) is 16.4. The van der Waals surface area contributed by atoms with E-state index in [-0.39, 0.29) is 18.4 Å². The lowest BCUT2D eigenvalue weighted by Gasteiger charge is -2.30. The van der Waals surface area contributed by atoms with Crippen LogP contribution in [0.5, 0.6) is 17.2 Å². The summed E-state index contributed by atoms with van der Waals surface area (Å²) in [5.41, 5.74) is 2.31. The molecule has 0 aliphatic carbocycles. The summed E-state index contributed by atoms with van der Waals surface area (Å²) in [7, 11) is 0. The van der Waals surface area contributed by atoms with Gasteiger partial charge in [0.2, 0.25) is 5.95 Å². The molecule has 12 nitrogen and oxygen atoms in total. The Hall–Kier alpha value is -4.10. The number of para-hydroxylation sites is 2. The van der Waals surface area contributed by atoms with Crippen molar-refractivity contribution in [3.63, 3.8) is 0 Å². The van der Waals surface area contributed by atoms with E-state index >= 15 is 0 Å². The average Bonchev–Trinajstić information content (AvgIpc) is 3.45. The Kier molecular flexibility index (Phi) is 9.28. The summed E-state index contributed by atoms with van der Waals surface area (Å²) >= 11 is 3.62. The van der Waals surface area contributed by atoms with Crippen LogP contribution in [0.2, 0.25) is 0 Å². The van der Waals surface area contributed by atoms with E-state index < -0.39 is 6.04 Å². The summed E-state index contributed by atoms with van der Waals surface area (Å²) < 4.78 is 25.2. The first-order valence-electron chi connectivity index (χ1n) is 13.8. The van der Waals surface area contributed by atoms with Crippen LogP contribution >= 0.6 is 15.9 Å². The zero-order valence-electron chi connectivity index (χ0n) is 23.7. The maximum absolute atomic E-state index is 13.9. The highest BCUT2D eigenvalue weighted by Crippen LogP contribution is 2.43. The zero-order chi connectivity index (χ0) is 29.6. The summed E-state index contributed by atoms with van der Waals surface area (Å²) in [5.74, 6) is 1.43. The van der Waals surface area contributed by atoms with Crippen LogP contribution in [0.3, 0.4) is 0 Å². The SMILES string of the molecule is CCOc1ccccc1NC(=O)C1=C(C)Nc2ncnn2C1c1cc(Br)c(OCC(=O)N2CCOCC2)c(OCC)c1. The lowest BCUT2D eigenvalue weighted by Crippen LogP contribution is -2.43. The number of nitrogens with one attached hydrogen (secondary N) is 2. The maximum Gasteiger partial charge on any atom is 0.260 e. The Morgan fingerprint density at radius 2 is 1.83 bits per heavy atom. The zero-order valence-corrected chi connectivity index (χ0v) is 25.3. The summed E-state index contributed by atoms with van der Waals surface area (Å²) in [4.78, 5) is 32.7. The fourth-order valence-electron chi connectivity index (χ4n) is 4.92. The van der Waals surface area contributed by atoms with E-state index in [1.54, 1.807) is 27.8 Å². The molecule has 3 heterocycles. The monoisotopic (exact) mass is 640 g/mol. The quantitative estimate of drug-likeness (QED) is 0.338. The number of hydrogen-bond donors (Lipinski definition) is 2. The number of morpholine rings is 1. The minimum Gasteiger partial charge on any atom is -0.492 e. The molecule has 42 heavy (non-hydrogen) atoms. The molecule has 0 spiro atoms. The van der Waals surface area contributed by atoms with Crippen molar-refractivity contribution in [3.05, 3.63) is 64.0 Å². The highest BCUT2D eigenvalue weighted by atomic mass is 79.9. The van der Waals surface area contributed by atoms with Gasteiger partial charge in [-0.05, 0) is 66.5 Å². The van der Waals surface area contributed by atoms with Gasteiger partial charge >= 0.3 is 0 Å². The van der Waals surface area contributed by atoms with Crippen LogP contribution in [0, 0.1) is 0 Å². The van der Waals surface area contributed by atoms with E-state index in [1.807, 2.05) is 39.0 Å². The van der Waals surface area contributed by atoms with E-state index in [9.17, 15) is 9.59 Å². The molecule has 5 rings (SSSR count). The van der Waals surface area contributed by atoms with E-state index in [0.29, 0.717) is 89.7 Å². The summed E-state index contributed by atoms with van der Waals surface area (Å²) in [5, 5.41) is 10.6. The predicted molar refractivity (Wildman–Crippen MR) is 159 cm³/mol. The number of aromatic nitrogens is 3. The minimum atomic E-state index is -0.650. The summed E-state index contributed by atoms with van der Waals surface area (Å²) in [6, 6.07) is 10.3. The van der Waals surface area contributed by atoms with Gasteiger partial charge in [0.1, 0.15) is 18.1 Å². The molecule has 0 radical (unpaired) electrons. The van der Waals surface area contributed by atoms with E-state index in [0.717, 1.165) is 0 Å². The highest BCUT2D eigenvalue weighted by molar-refractivity contribution is 9.10. The first-order valence-corrected chi connectivity index (χ1v) is 14.6. The Bertz CT molecular complexity index is 1480. The molecule has 13 heteroatoms. The molecule has 1 atom stereocenters.